The fraction of sp³-hybridized carbons (Fsp3) is 0.273. The molecular formula is C22H24N2O4. The highest BCUT2D eigenvalue weighted by Crippen LogP contribution is 2.35. The van der Waals surface area contributed by atoms with E-state index in [2.05, 4.69) is 11.4 Å². The lowest BCUT2D eigenvalue weighted by Crippen LogP contribution is -2.32. The zero-order valence-corrected chi connectivity index (χ0v) is 16.8. The molecule has 0 saturated carbocycles. The number of anilines is 1. The Balaban J connectivity index is 2.14. The van der Waals surface area contributed by atoms with Crippen LogP contribution in [-0.2, 0) is 9.59 Å². The molecule has 0 fully saturated rings. The molecule has 6 heteroatoms. The van der Waals surface area contributed by atoms with E-state index in [0.717, 1.165) is 16.8 Å². The van der Waals surface area contributed by atoms with Crippen LogP contribution < -0.4 is 14.8 Å². The molecule has 1 aliphatic rings. The van der Waals surface area contributed by atoms with Crippen molar-refractivity contribution in [2.45, 2.75) is 20.8 Å². The minimum absolute atomic E-state index is 0.268. The summed E-state index contributed by atoms with van der Waals surface area (Å²) in [6, 6.07) is 11.1. The monoisotopic (exact) mass is 380 g/mol. The van der Waals surface area contributed by atoms with Crippen molar-refractivity contribution in [1.29, 1.82) is 0 Å². The molecule has 2 aromatic rings. The highest BCUT2D eigenvalue weighted by atomic mass is 16.5. The molecule has 1 heterocycles. The summed E-state index contributed by atoms with van der Waals surface area (Å²) in [5.74, 6) is 0.385. The van der Waals surface area contributed by atoms with Gasteiger partial charge in [-0.05, 0) is 61.7 Å². The van der Waals surface area contributed by atoms with Gasteiger partial charge in [0.25, 0.3) is 11.8 Å². The second kappa shape index (κ2) is 7.76. The van der Waals surface area contributed by atoms with Crippen molar-refractivity contribution in [3.05, 3.63) is 58.8 Å². The molecule has 146 valence electrons. The van der Waals surface area contributed by atoms with Gasteiger partial charge < -0.3 is 14.8 Å². The van der Waals surface area contributed by atoms with Gasteiger partial charge in [-0.25, -0.2) is 0 Å². The number of aryl methyl sites for hydroxylation is 2. The molecule has 2 aromatic carbocycles. The number of carbonyl (C=O) groups excluding carboxylic acids is 2. The van der Waals surface area contributed by atoms with Gasteiger partial charge in [0.1, 0.15) is 5.70 Å². The first-order valence-electron chi connectivity index (χ1n) is 9.07. The van der Waals surface area contributed by atoms with E-state index in [1.807, 2.05) is 26.0 Å². The van der Waals surface area contributed by atoms with Gasteiger partial charge in [0.2, 0.25) is 0 Å². The number of methoxy groups -OCH3 is 2. The molecule has 3 rings (SSSR count). The van der Waals surface area contributed by atoms with Gasteiger partial charge in [0.05, 0.1) is 19.8 Å². The lowest BCUT2D eigenvalue weighted by Gasteiger charge is -2.12. The molecular weight excluding hydrogens is 356 g/mol. The van der Waals surface area contributed by atoms with Crippen LogP contribution in [0.1, 0.15) is 23.6 Å². The molecule has 1 N–H and O–H groups in total. The molecule has 0 radical (unpaired) electrons. The molecule has 28 heavy (non-hydrogen) atoms. The van der Waals surface area contributed by atoms with E-state index in [4.69, 9.17) is 9.47 Å². The summed E-state index contributed by atoms with van der Waals surface area (Å²) in [6.07, 6.45) is 0. The number of nitrogens with one attached hydrogen (secondary N) is 1. The van der Waals surface area contributed by atoms with Crippen molar-refractivity contribution >= 4 is 23.1 Å². The quantitative estimate of drug-likeness (QED) is 0.777. The van der Waals surface area contributed by atoms with E-state index >= 15 is 0 Å². The molecule has 6 nitrogen and oxygen atoms in total. The molecule has 0 bridgehead atoms. The number of nitrogens with zero attached hydrogens (tertiary/aromatic N) is 1. The number of benzene rings is 2. The number of imide groups is 1. The molecule has 0 spiro atoms. The maximum atomic E-state index is 13.0. The number of carbonyl (C=O) groups is 2. The van der Waals surface area contributed by atoms with Gasteiger partial charge in [-0.15, -0.1) is 0 Å². The molecule has 2 amide bonds. The van der Waals surface area contributed by atoms with E-state index in [9.17, 15) is 9.59 Å². The van der Waals surface area contributed by atoms with Gasteiger partial charge in [0.15, 0.2) is 11.5 Å². The minimum atomic E-state index is -0.337. The van der Waals surface area contributed by atoms with Crippen LogP contribution >= 0.6 is 0 Å². The fourth-order valence-corrected chi connectivity index (χ4v) is 3.43. The van der Waals surface area contributed by atoms with Crippen molar-refractivity contribution in [1.82, 2.24) is 4.90 Å². The summed E-state index contributed by atoms with van der Waals surface area (Å²) >= 11 is 0. The van der Waals surface area contributed by atoms with E-state index in [1.54, 1.807) is 32.2 Å². The van der Waals surface area contributed by atoms with Crippen molar-refractivity contribution in [2.24, 2.45) is 0 Å². The van der Waals surface area contributed by atoms with Crippen molar-refractivity contribution < 1.29 is 19.1 Å². The van der Waals surface area contributed by atoms with Crippen LogP contribution in [0, 0.1) is 13.8 Å². The first kappa shape index (κ1) is 19.5. The number of rotatable bonds is 6. The third-order valence-electron chi connectivity index (χ3n) is 4.65. The maximum Gasteiger partial charge on any atom is 0.278 e. The maximum absolute atomic E-state index is 13.0. The van der Waals surface area contributed by atoms with Crippen LogP contribution in [0.15, 0.2) is 42.1 Å². The number of ether oxygens (including phenoxy) is 2. The standard InChI is InChI=1S/C22H24N2O4/c1-6-24-21(25)19(15-7-8-17(27-4)18(12-15)28-5)20(22(24)26)23-16-10-13(2)9-14(3)11-16/h7-12,23H,6H2,1-5H3. The van der Waals surface area contributed by atoms with Crippen LogP contribution in [0.5, 0.6) is 11.5 Å². The Morgan fingerprint density at radius 2 is 1.54 bits per heavy atom. The Morgan fingerprint density at radius 1 is 0.893 bits per heavy atom. The lowest BCUT2D eigenvalue weighted by atomic mass is 10.0. The summed E-state index contributed by atoms with van der Waals surface area (Å²) in [6.45, 7) is 6.05. The number of hydrogen-bond acceptors (Lipinski definition) is 5. The Hall–Kier alpha value is -3.28. The van der Waals surface area contributed by atoms with E-state index in [-0.39, 0.29) is 17.5 Å². The van der Waals surface area contributed by atoms with Gasteiger partial charge in [0, 0.05) is 12.2 Å². The lowest BCUT2D eigenvalue weighted by molar-refractivity contribution is -0.136. The topological polar surface area (TPSA) is 67.9 Å². The average Bonchev–Trinajstić information content (AvgIpc) is 2.89. The zero-order chi connectivity index (χ0) is 20.4. The van der Waals surface area contributed by atoms with Crippen molar-refractivity contribution in [3.63, 3.8) is 0 Å². The first-order valence-corrected chi connectivity index (χ1v) is 9.07. The minimum Gasteiger partial charge on any atom is -0.493 e. The van der Waals surface area contributed by atoms with Gasteiger partial charge in [-0.1, -0.05) is 12.1 Å². The highest BCUT2D eigenvalue weighted by molar-refractivity contribution is 6.36. The van der Waals surface area contributed by atoms with E-state index < -0.39 is 0 Å². The predicted molar refractivity (Wildman–Crippen MR) is 108 cm³/mol. The predicted octanol–water partition coefficient (Wildman–Crippen LogP) is 3.53. The first-order chi connectivity index (χ1) is 13.4. The second-order valence-electron chi connectivity index (χ2n) is 6.68. The summed E-state index contributed by atoms with van der Waals surface area (Å²) < 4.78 is 10.6. The van der Waals surface area contributed by atoms with Crippen LogP contribution in [-0.4, -0.2) is 37.5 Å². The SMILES string of the molecule is CCN1C(=O)C(Nc2cc(C)cc(C)c2)=C(c2ccc(OC)c(OC)c2)C1=O. The Labute approximate surface area is 164 Å². The summed E-state index contributed by atoms with van der Waals surface area (Å²) in [4.78, 5) is 27.1. The molecule has 0 saturated heterocycles. The summed E-state index contributed by atoms with van der Waals surface area (Å²) in [7, 11) is 3.08. The van der Waals surface area contributed by atoms with E-state index in [1.165, 1.54) is 12.0 Å². The second-order valence-corrected chi connectivity index (χ2v) is 6.68. The number of likely N-dealkylation sites (N-methyl/N-ethyl adjacent to an activating group) is 1. The van der Waals surface area contributed by atoms with Crippen molar-refractivity contribution in [2.75, 3.05) is 26.1 Å². The zero-order valence-electron chi connectivity index (χ0n) is 16.8. The largest absolute Gasteiger partial charge is 0.493 e. The van der Waals surface area contributed by atoms with Crippen LogP contribution in [0.4, 0.5) is 5.69 Å². The van der Waals surface area contributed by atoms with E-state index in [0.29, 0.717) is 29.2 Å². The van der Waals surface area contributed by atoms with Crippen molar-refractivity contribution in [3.8, 4) is 11.5 Å². The molecule has 0 aromatic heterocycles. The average molecular weight is 380 g/mol. The van der Waals surface area contributed by atoms with Crippen LogP contribution in [0.25, 0.3) is 5.57 Å². The molecule has 0 atom stereocenters. The molecule has 0 aliphatic carbocycles. The fourth-order valence-electron chi connectivity index (χ4n) is 3.43. The third-order valence-corrected chi connectivity index (χ3v) is 4.65. The Kier molecular flexibility index (Phi) is 5.40. The Bertz CT molecular complexity index is 958. The van der Waals surface area contributed by atoms with Gasteiger partial charge >= 0.3 is 0 Å². The smallest absolute Gasteiger partial charge is 0.278 e. The summed E-state index contributed by atoms with van der Waals surface area (Å²) in [5.41, 5.74) is 4.10. The molecule has 1 aliphatic heterocycles. The van der Waals surface area contributed by atoms with Gasteiger partial charge in [-0.2, -0.15) is 0 Å². The van der Waals surface area contributed by atoms with Gasteiger partial charge in [-0.3, -0.25) is 14.5 Å². The number of amides is 2. The Morgan fingerprint density at radius 3 is 2.11 bits per heavy atom. The number of hydrogen-bond donors (Lipinski definition) is 1. The highest BCUT2D eigenvalue weighted by Gasteiger charge is 2.38. The van der Waals surface area contributed by atoms with Crippen LogP contribution in [0.3, 0.4) is 0 Å². The normalized spacial score (nSPS) is 14.0. The van der Waals surface area contributed by atoms with Crippen LogP contribution in [0.2, 0.25) is 0 Å². The summed E-state index contributed by atoms with van der Waals surface area (Å²) in [5, 5.41) is 3.18. The third kappa shape index (κ3) is 3.45. The molecule has 0 unspecified atom stereocenters.